The summed E-state index contributed by atoms with van der Waals surface area (Å²) in [6, 6.07) is 23.5. The topological polar surface area (TPSA) is 177 Å². The molecule has 4 aromatic carbocycles. The van der Waals surface area contributed by atoms with E-state index in [9.17, 15) is 14.4 Å². The predicted molar refractivity (Wildman–Crippen MR) is 179 cm³/mol. The van der Waals surface area contributed by atoms with E-state index in [0.29, 0.717) is 16.7 Å². The van der Waals surface area contributed by atoms with Crippen LogP contribution in [0.15, 0.2) is 106 Å². The van der Waals surface area contributed by atoms with E-state index in [1.165, 1.54) is 36.8 Å². The Morgan fingerprint density at radius 1 is 0.479 bits per heavy atom. The van der Waals surface area contributed by atoms with Crippen molar-refractivity contribution >= 4 is 36.6 Å². The molecule has 12 nitrogen and oxygen atoms in total. The highest BCUT2D eigenvalue weighted by Crippen LogP contribution is 2.23. The number of carbonyl (C=O) groups is 3. The minimum Gasteiger partial charge on any atom is -0.422 e. The van der Waals surface area contributed by atoms with Gasteiger partial charge in [0.25, 0.3) is 0 Å². The number of rotatable bonds is 15. The molecule has 12 heteroatoms. The second-order valence-electron chi connectivity index (χ2n) is 9.86. The number of ether oxygens (including phenoxy) is 3. The van der Waals surface area contributed by atoms with Crippen LogP contribution < -0.4 is 14.2 Å². The summed E-state index contributed by atoms with van der Waals surface area (Å²) in [5.74, 6) is -2.16. The first-order chi connectivity index (χ1) is 23.4. The second-order valence-corrected chi connectivity index (χ2v) is 9.86. The molecular formula is C36H33N3O9. The highest BCUT2D eigenvalue weighted by Gasteiger charge is 2.22. The largest absolute Gasteiger partial charge is 0.422 e. The van der Waals surface area contributed by atoms with Gasteiger partial charge in [-0.25, -0.2) is 14.4 Å². The van der Waals surface area contributed by atoms with Crippen LogP contribution in [-0.2, 0) is 0 Å². The van der Waals surface area contributed by atoms with E-state index in [2.05, 4.69) is 15.0 Å². The molecule has 0 atom stereocenters. The van der Waals surface area contributed by atoms with Crippen LogP contribution in [0, 0.1) is 0 Å². The molecule has 0 fully saturated rings. The van der Waals surface area contributed by atoms with Crippen LogP contribution in [0.25, 0.3) is 0 Å². The first-order valence-electron chi connectivity index (χ1n) is 14.8. The van der Waals surface area contributed by atoms with E-state index in [4.69, 9.17) is 29.5 Å². The van der Waals surface area contributed by atoms with E-state index in [1.807, 2.05) is 0 Å². The maximum atomic E-state index is 13.5. The Hall–Kier alpha value is -5.82. The zero-order chi connectivity index (χ0) is 34.1. The minimum absolute atomic E-state index is 0.144. The lowest BCUT2D eigenvalue weighted by Gasteiger charge is -2.12. The number of aliphatic hydroxyl groups is 3. The Balaban J connectivity index is 1.70. The predicted octanol–water partition coefficient (Wildman–Crippen LogP) is 3.58. The fourth-order valence-corrected chi connectivity index (χ4v) is 4.16. The summed E-state index contributed by atoms with van der Waals surface area (Å²) in [5, 5.41) is 27.2. The highest BCUT2D eigenvalue weighted by molar-refractivity contribution is 6.03. The van der Waals surface area contributed by atoms with Crippen LogP contribution >= 0.6 is 0 Å². The van der Waals surface area contributed by atoms with Crippen molar-refractivity contribution in [2.75, 3.05) is 39.5 Å². The molecular weight excluding hydrogens is 618 g/mol. The first kappa shape index (κ1) is 35.0. The fraction of sp³-hybridized carbons (Fsp3) is 0.167. The van der Waals surface area contributed by atoms with Crippen molar-refractivity contribution in [3.63, 3.8) is 0 Å². The Kier molecular flexibility index (Phi) is 13.4. The Morgan fingerprint density at radius 2 is 0.750 bits per heavy atom. The number of esters is 3. The molecule has 246 valence electrons. The quantitative estimate of drug-likeness (QED) is 0.0985. The molecule has 0 heterocycles. The van der Waals surface area contributed by atoms with Gasteiger partial charge in [-0.1, -0.05) is 36.4 Å². The summed E-state index contributed by atoms with van der Waals surface area (Å²) in [6.07, 6.45) is 4.37. The van der Waals surface area contributed by atoms with Crippen LogP contribution in [-0.4, -0.2) is 91.3 Å². The normalized spacial score (nSPS) is 11.3. The SMILES string of the molecule is O=C(Oc1ccccc1C=NCCO)c1cc(C(=O)Oc2ccccc2C=NCCO)cc(C(=O)Oc2ccccc2C=NCCO)c1. The number of hydrogen-bond acceptors (Lipinski definition) is 12. The molecule has 4 aromatic rings. The van der Waals surface area contributed by atoms with Gasteiger partial charge < -0.3 is 29.5 Å². The van der Waals surface area contributed by atoms with E-state index < -0.39 is 17.9 Å². The second kappa shape index (κ2) is 18.4. The Labute approximate surface area is 276 Å². The maximum absolute atomic E-state index is 13.5. The van der Waals surface area contributed by atoms with Crippen LogP contribution in [0.5, 0.6) is 17.2 Å². The van der Waals surface area contributed by atoms with Crippen molar-refractivity contribution in [2.45, 2.75) is 0 Å². The molecule has 3 N–H and O–H groups in total. The van der Waals surface area contributed by atoms with Gasteiger partial charge in [0.2, 0.25) is 0 Å². The van der Waals surface area contributed by atoms with Crippen molar-refractivity contribution in [3.8, 4) is 17.2 Å². The molecule has 0 saturated heterocycles. The summed E-state index contributed by atoms with van der Waals surface area (Å²) in [6.45, 7) is 0.0144. The van der Waals surface area contributed by atoms with Crippen molar-refractivity contribution < 1.29 is 43.9 Å². The van der Waals surface area contributed by atoms with E-state index >= 15 is 0 Å². The Bertz CT molecular complexity index is 1600. The van der Waals surface area contributed by atoms with Gasteiger partial charge >= 0.3 is 17.9 Å². The number of benzene rings is 4. The number of carbonyl (C=O) groups excluding carboxylic acids is 3. The first-order valence-corrected chi connectivity index (χ1v) is 14.8. The molecule has 0 aromatic heterocycles. The lowest BCUT2D eigenvalue weighted by Crippen LogP contribution is -2.17. The molecule has 0 unspecified atom stereocenters. The average Bonchev–Trinajstić information content (AvgIpc) is 3.10. The third-order valence-corrected chi connectivity index (χ3v) is 6.38. The van der Waals surface area contributed by atoms with Crippen LogP contribution in [0.2, 0.25) is 0 Å². The number of nitrogens with zero attached hydrogens (tertiary/aromatic N) is 3. The van der Waals surface area contributed by atoms with Gasteiger partial charge in [0.15, 0.2) is 0 Å². The van der Waals surface area contributed by atoms with E-state index in [-0.39, 0.29) is 73.4 Å². The van der Waals surface area contributed by atoms with Crippen LogP contribution in [0.3, 0.4) is 0 Å². The summed E-state index contributed by atoms with van der Waals surface area (Å²) < 4.78 is 16.9. The zero-order valence-electron chi connectivity index (χ0n) is 25.8. The summed E-state index contributed by atoms with van der Waals surface area (Å²) in [4.78, 5) is 52.7. The van der Waals surface area contributed by atoms with Gasteiger partial charge in [-0.3, -0.25) is 15.0 Å². The number of aliphatic hydroxyl groups excluding tert-OH is 3. The monoisotopic (exact) mass is 651 g/mol. The third kappa shape index (κ3) is 10.1. The smallest absolute Gasteiger partial charge is 0.343 e. The highest BCUT2D eigenvalue weighted by atomic mass is 16.5. The number of hydrogen-bond donors (Lipinski definition) is 3. The molecule has 0 aliphatic carbocycles. The molecule has 48 heavy (non-hydrogen) atoms. The third-order valence-electron chi connectivity index (χ3n) is 6.38. The zero-order valence-corrected chi connectivity index (χ0v) is 25.8. The summed E-state index contributed by atoms with van der Waals surface area (Å²) in [7, 11) is 0. The molecule has 0 aliphatic heterocycles. The molecule has 0 aliphatic rings. The van der Waals surface area contributed by atoms with Crippen molar-refractivity contribution in [2.24, 2.45) is 15.0 Å². The van der Waals surface area contributed by atoms with Gasteiger partial charge in [0.1, 0.15) is 17.2 Å². The molecule has 0 amide bonds. The van der Waals surface area contributed by atoms with Gasteiger partial charge in [-0.05, 0) is 54.6 Å². The van der Waals surface area contributed by atoms with Crippen molar-refractivity contribution in [1.29, 1.82) is 0 Å². The van der Waals surface area contributed by atoms with E-state index in [0.717, 1.165) is 0 Å². The van der Waals surface area contributed by atoms with E-state index in [1.54, 1.807) is 72.8 Å². The van der Waals surface area contributed by atoms with Crippen LogP contribution in [0.1, 0.15) is 47.8 Å². The lowest BCUT2D eigenvalue weighted by molar-refractivity contribution is 0.0734. The van der Waals surface area contributed by atoms with Crippen LogP contribution in [0.4, 0.5) is 0 Å². The van der Waals surface area contributed by atoms with Crippen molar-refractivity contribution in [3.05, 3.63) is 124 Å². The summed E-state index contributed by atoms with van der Waals surface area (Å²) >= 11 is 0. The van der Waals surface area contributed by atoms with Gasteiger partial charge in [0, 0.05) is 35.3 Å². The Morgan fingerprint density at radius 3 is 1.02 bits per heavy atom. The molecule has 0 radical (unpaired) electrons. The number of aliphatic imine (C=N–C) groups is 3. The average molecular weight is 652 g/mol. The minimum atomic E-state index is -0.880. The van der Waals surface area contributed by atoms with Gasteiger partial charge in [-0.2, -0.15) is 0 Å². The molecule has 4 rings (SSSR count). The lowest BCUT2D eigenvalue weighted by atomic mass is 10.1. The van der Waals surface area contributed by atoms with Gasteiger partial charge in [-0.15, -0.1) is 0 Å². The van der Waals surface area contributed by atoms with Crippen molar-refractivity contribution in [1.82, 2.24) is 0 Å². The fourth-order valence-electron chi connectivity index (χ4n) is 4.16. The molecule has 0 saturated carbocycles. The summed E-state index contributed by atoms with van der Waals surface area (Å²) in [5.41, 5.74) is 0.965. The molecule has 0 bridgehead atoms. The maximum Gasteiger partial charge on any atom is 0.343 e. The molecule has 0 spiro atoms. The standard InChI is InChI=1S/C36H33N3O9/c40-16-13-37-22-25-7-1-4-10-31(25)46-34(43)28-19-29(35(44)47-32-11-5-2-8-26(32)23-38-14-17-41)21-30(20-28)36(45)48-33-12-6-3-9-27(33)24-39-15-18-42/h1-12,19-24,40-42H,13-18H2. The van der Waals surface area contributed by atoms with Gasteiger partial charge in [0.05, 0.1) is 56.1 Å². The number of para-hydroxylation sites is 3.